The van der Waals surface area contributed by atoms with E-state index in [0.717, 1.165) is 12.0 Å². The van der Waals surface area contributed by atoms with Gasteiger partial charge in [-0.15, -0.1) is 0 Å². The number of carbonyl (C=O) groups excluding carboxylic acids is 2. The second-order valence-electron chi connectivity index (χ2n) is 7.68. The molecule has 1 amide bonds. The van der Waals surface area contributed by atoms with Crippen molar-refractivity contribution >= 4 is 33.3 Å². The molecule has 34 heavy (non-hydrogen) atoms. The van der Waals surface area contributed by atoms with Gasteiger partial charge in [0.1, 0.15) is 23.6 Å². The van der Waals surface area contributed by atoms with Crippen LogP contribution in [-0.4, -0.2) is 45.2 Å². The van der Waals surface area contributed by atoms with E-state index in [2.05, 4.69) is 36.4 Å². The SMILES string of the molecule is CCCc1c(OCCCOc2cc(NC(=O)c3ncn[nH]3)c(Br)cc2C)ccc(C(C)=O)c1O. The van der Waals surface area contributed by atoms with E-state index in [1.807, 2.05) is 19.9 Å². The van der Waals surface area contributed by atoms with Crippen molar-refractivity contribution in [3.05, 3.63) is 57.6 Å². The molecule has 3 aromatic rings. The molecule has 9 nitrogen and oxygen atoms in total. The fourth-order valence-electron chi connectivity index (χ4n) is 3.35. The van der Waals surface area contributed by atoms with Gasteiger partial charge in [-0.3, -0.25) is 14.7 Å². The zero-order valence-electron chi connectivity index (χ0n) is 19.3. The maximum atomic E-state index is 12.3. The average Bonchev–Trinajstić information content (AvgIpc) is 3.33. The minimum atomic E-state index is -0.414. The molecule has 0 radical (unpaired) electrons. The number of halogens is 1. The summed E-state index contributed by atoms with van der Waals surface area (Å²) in [5.74, 6) is 0.706. The molecule has 1 aromatic heterocycles. The fourth-order valence-corrected chi connectivity index (χ4v) is 3.91. The number of nitrogens with zero attached hydrogens (tertiary/aromatic N) is 2. The third-order valence-corrected chi connectivity index (χ3v) is 5.72. The second kappa shape index (κ2) is 11.6. The molecule has 0 spiro atoms. The summed E-state index contributed by atoms with van der Waals surface area (Å²) in [5, 5.41) is 19.4. The van der Waals surface area contributed by atoms with Gasteiger partial charge in [-0.25, -0.2) is 4.98 Å². The zero-order chi connectivity index (χ0) is 24.7. The molecule has 3 rings (SSSR count). The fraction of sp³-hybridized carbons (Fsp3) is 0.333. The highest BCUT2D eigenvalue weighted by molar-refractivity contribution is 9.10. The Kier molecular flexibility index (Phi) is 8.64. The van der Waals surface area contributed by atoms with E-state index in [4.69, 9.17) is 9.47 Å². The highest BCUT2D eigenvalue weighted by Gasteiger charge is 2.16. The lowest BCUT2D eigenvalue weighted by molar-refractivity contribution is 0.100. The number of rotatable bonds is 11. The number of aromatic nitrogens is 3. The van der Waals surface area contributed by atoms with Crippen molar-refractivity contribution < 1.29 is 24.2 Å². The van der Waals surface area contributed by atoms with Gasteiger partial charge in [-0.1, -0.05) is 13.3 Å². The lowest BCUT2D eigenvalue weighted by Crippen LogP contribution is -2.14. The Morgan fingerprint density at radius 2 is 1.91 bits per heavy atom. The summed E-state index contributed by atoms with van der Waals surface area (Å²) >= 11 is 3.45. The van der Waals surface area contributed by atoms with Gasteiger partial charge in [0.2, 0.25) is 5.82 Å². The third-order valence-electron chi connectivity index (χ3n) is 5.07. The average molecular weight is 531 g/mol. The number of aromatic hydroxyl groups is 1. The number of benzene rings is 2. The molecule has 0 saturated carbocycles. The van der Waals surface area contributed by atoms with E-state index in [1.165, 1.54) is 13.3 Å². The van der Waals surface area contributed by atoms with Crippen LogP contribution in [0.25, 0.3) is 0 Å². The molecule has 2 aromatic carbocycles. The summed E-state index contributed by atoms with van der Waals surface area (Å²) < 4.78 is 12.5. The summed E-state index contributed by atoms with van der Waals surface area (Å²) in [6, 6.07) is 6.91. The van der Waals surface area contributed by atoms with E-state index in [1.54, 1.807) is 18.2 Å². The lowest BCUT2D eigenvalue weighted by atomic mass is 10.0. The molecule has 3 N–H and O–H groups in total. The Bertz CT molecular complexity index is 1160. The van der Waals surface area contributed by atoms with Crippen LogP contribution in [0.15, 0.2) is 35.1 Å². The molecule has 0 aliphatic carbocycles. The number of ketones is 1. The topological polar surface area (TPSA) is 126 Å². The number of carbonyl (C=O) groups is 2. The van der Waals surface area contributed by atoms with E-state index >= 15 is 0 Å². The molecular weight excluding hydrogens is 504 g/mol. The van der Waals surface area contributed by atoms with Gasteiger partial charge < -0.3 is 19.9 Å². The quantitative estimate of drug-likeness (QED) is 0.239. The summed E-state index contributed by atoms with van der Waals surface area (Å²) in [6.07, 6.45) is 3.28. The minimum Gasteiger partial charge on any atom is -0.507 e. The number of anilines is 1. The maximum Gasteiger partial charge on any atom is 0.293 e. The van der Waals surface area contributed by atoms with Crippen molar-refractivity contribution in [2.45, 2.75) is 40.0 Å². The predicted molar refractivity (Wildman–Crippen MR) is 131 cm³/mol. The van der Waals surface area contributed by atoms with E-state index < -0.39 is 5.91 Å². The molecule has 0 atom stereocenters. The Morgan fingerprint density at radius 1 is 1.18 bits per heavy atom. The van der Waals surface area contributed by atoms with Crippen molar-refractivity contribution in [1.29, 1.82) is 0 Å². The first-order valence-corrected chi connectivity index (χ1v) is 11.7. The first-order valence-electron chi connectivity index (χ1n) is 10.9. The van der Waals surface area contributed by atoms with Crippen LogP contribution in [0.1, 0.15) is 58.8 Å². The lowest BCUT2D eigenvalue weighted by Gasteiger charge is -2.16. The number of phenols is 1. The number of hydrogen-bond acceptors (Lipinski definition) is 7. The molecule has 1 heterocycles. The zero-order valence-corrected chi connectivity index (χ0v) is 20.9. The van der Waals surface area contributed by atoms with Gasteiger partial charge in [0, 0.05) is 22.5 Å². The molecule has 0 bridgehead atoms. The largest absolute Gasteiger partial charge is 0.507 e. The van der Waals surface area contributed by atoms with Gasteiger partial charge >= 0.3 is 0 Å². The Labute approximate surface area is 206 Å². The number of H-pyrrole nitrogens is 1. The highest BCUT2D eigenvalue weighted by Crippen LogP contribution is 2.33. The standard InChI is InChI=1S/C24H27BrN4O5/c1-4-6-17-20(8-7-16(15(3)30)22(17)31)33-9-5-10-34-21-12-19(18(25)11-14(21)2)28-24(32)23-26-13-27-29-23/h7-8,11-13,31H,4-6,9-10H2,1-3H3,(H,28,32)(H,26,27,29). The normalized spacial score (nSPS) is 10.7. The molecule has 10 heteroatoms. The van der Waals surface area contributed by atoms with E-state index in [9.17, 15) is 14.7 Å². The van der Waals surface area contributed by atoms with Crippen LogP contribution in [0.3, 0.4) is 0 Å². The monoisotopic (exact) mass is 530 g/mol. The van der Waals surface area contributed by atoms with Crippen molar-refractivity contribution in [3.63, 3.8) is 0 Å². The summed E-state index contributed by atoms with van der Waals surface area (Å²) in [7, 11) is 0. The van der Waals surface area contributed by atoms with Crippen LogP contribution in [0.4, 0.5) is 5.69 Å². The molecule has 0 fully saturated rings. The first kappa shape index (κ1) is 25.2. The number of phenolic OH excluding ortho intramolecular Hbond substituents is 1. The van der Waals surface area contributed by atoms with Gasteiger partial charge in [0.05, 0.1) is 24.5 Å². The van der Waals surface area contributed by atoms with Crippen molar-refractivity contribution in [3.8, 4) is 17.2 Å². The first-order chi connectivity index (χ1) is 16.3. The second-order valence-corrected chi connectivity index (χ2v) is 8.54. The van der Waals surface area contributed by atoms with Gasteiger partial charge in [0.25, 0.3) is 5.91 Å². The molecule has 0 aliphatic rings. The number of Topliss-reactive ketones (excluding diaryl/α,β-unsaturated/α-hetero) is 1. The summed E-state index contributed by atoms with van der Waals surface area (Å²) in [5.41, 5.74) is 2.40. The Hall–Kier alpha value is -3.40. The molecule has 0 unspecified atom stereocenters. The van der Waals surface area contributed by atoms with Crippen LogP contribution in [0, 0.1) is 6.92 Å². The van der Waals surface area contributed by atoms with Crippen LogP contribution in [0.2, 0.25) is 0 Å². The van der Waals surface area contributed by atoms with E-state index in [-0.39, 0.29) is 17.4 Å². The number of nitrogens with one attached hydrogen (secondary N) is 2. The third kappa shape index (κ3) is 6.13. The molecule has 180 valence electrons. The van der Waals surface area contributed by atoms with E-state index in [0.29, 0.717) is 58.8 Å². The van der Waals surface area contributed by atoms with Crippen LogP contribution >= 0.6 is 15.9 Å². The molecule has 0 aliphatic heterocycles. The molecule has 0 saturated heterocycles. The minimum absolute atomic E-state index is 0.00602. The van der Waals surface area contributed by atoms with Crippen molar-refractivity contribution in [2.75, 3.05) is 18.5 Å². The Balaban J connectivity index is 1.58. The Morgan fingerprint density at radius 3 is 2.56 bits per heavy atom. The number of hydrogen-bond donors (Lipinski definition) is 3. The number of aromatic amines is 1. The highest BCUT2D eigenvalue weighted by atomic mass is 79.9. The number of ether oxygens (including phenoxy) is 2. The van der Waals surface area contributed by atoms with Gasteiger partial charge in [-0.05, 0) is 60.0 Å². The molecular formula is C24H27BrN4O5. The van der Waals surface area contributed by atoms with Crippen LogP contribution in [-0.2, 0) is 6.42 Å². The maximum absolute atomic E-state index is 12.3. The van der Waals surface area contributed by atoms with Crippen LogP contribution in [0.5, 0.6) is 17.2 Å². The smallest absolute Gasteiger partial charge is 0.293 e. The number of aryl methyl sites for hydroxylation is 1. The van der Waals surface area contributed by atoms with Gasteiger partial charge in [-0.2, -0.15) is 5.10 Å². The van der Waals surface area contributed by atoms with Crippen molar-refractivity contribution in [2.24, 2.45) is 0 Å². The predicted octanol–water partition coefficient (Wildman–Crippen LogP) is 4.84. The summed E-state index contributed by atoms with van der Waals surface area (Å²) in [6.45, 7) is 6.10. The van der Waals surface area contributed by atoms with Gasteiger partial charge in [0.15, 0.2) is 5.78 Å². The van der Waals surface area contributed by atoms with Crippen LogP contribution < -0.4 is 14.8 Å². The van der Waals surface area contributed by atoms with Crippen molar-refractivity contribution in [1.82, 2.24) is 15.2 Å². The number of amides is 1. The summed E-state index contributed by atoms with van der Waals surface area (Å²) in [4.78, 5) is 27.8.